The molecule has 1 N–H and O–H groups in total. The fourth-order valence-electron chi connectivity index (χ4n) is 3.97. The van der Waals surface area contributed by atoms with Gasteiger partial charge in [0.25, 0.3) is 11.6 Å². The van der Waals surface area contributed by atoms with Crippen molar-refractivity contribution in [2.45, 2.75) is 12.3 Å². The van der Waals surface area contributed by atoms with Gasteiger partial charge in [0.15, 0.2) is 5.72 Å². The predicted molar refractivity (Wildman–Crippen MR) is 124 cm³/mol. The molecule has 0 fully saturated rings. The second-order valence-electron chi connectivity index (χ2n) is 7.71. The summed E-state index contributed by atoms with van der Waals surface area (Å²) in [5, 5.41) is 21.1. The highest BCUT2D eigenvalue weighted by atomic mass is 35.5. The average Bonchev–Trinajstić information content (AvgIpc) is 3.07. The standard InChI is InChI=1S/C25H21ClN2O5/c1-17(15-29)16-33-25(19-8-10-20(26)11-9-19)23-5-3-2-4-22(23)24(30)27(25)14-18-6-12-21(13-7-18)28(31)32/h2-13,29H,1,14-16H2/t25-/m1/s1. The lowest BCUT2D eigenvalue weighted by Crippen LogP contribution is -2.47. The number of non-ortho nitro benzene ring substituents is 1. The topological polar surface area (TPSA) is 92.9 Å². The summed E-state index contributed by atoms with van der Waals surface area (Å²) in [6, 6.07) is 20.3. The van der Waals surface area contributed by atoms with E-state index in [1.807, 2.05) is 12.1 Å². The Kier molecular flexibility index (Phi) is 6.29. The number of benzene rings is 3. The fourth-order valence-corrected chi connectivity index (χ4v) is 4.09. The molecule has 0 saturated heterocycles. The van der Waals surface area contributed by atoms with Crippen molar-refractivity contribution in [1.29, 1.82) is 0 Å². The van der Waals surface area contributed by atoms with Gasteiger partial charge >= 0.3 is 0 Å². The van der Waals surface area contributed by atoms with E-state index in [2.05, 4.69) is 6.58 Å². The third-order valence-corrected chi connectivity index (χ3v) is 5.83. The van der Waals surface area contributed by atoms with Crippen LogP contribution >= 0.6 is 11.6 Å². The van der Waals surface area contributed by atoms with E-state index in [0.717, 1.165) is 0 Å². The van der Waals surface area contributed by atoms with Gasteiger partial charge in [-0.2, -0.15) is 0 Å². The molecule has 8 heteroatoms. The smallest absolute Gasteiger partial charge is 0.269 e. The van der Waals surface area contributed by atoms with E-state index >= 15 is 0 Å². The number of hydrogen-bond acceptors (Lipinski definition) is 5. The highest BCUT2D eigenvalue weighted by Gasteiger charge is 2.52. The van der Waals surface area contributed by atoms with E-state index < -0.39 is 10.6 Å². The van der Waals surface area contributed by atoms with Crippen LogP contribution in [0.15, 0.2) is 84.9 Å². The van der Waals surface area contributed by atoms with Crippen LogP contribution in [0.5, 0.6) is 0 Å². The molecule has 0 radical (unpaired) electrons. The highest BCUT2D eigenvalue weighted by molar-refractivity contribution is 6.30. The van der Waals surface area contributed by atoms with E-state index in [0.29, 0.717) is 32.8 Å². The van der Waals surface area contributed by atoms with E-state index in [4.69, 9.17) is 16.3 Å². The lowest BCUT2D eigenvalue weighted by molar-refractivity contribution is -0.384. The quantitative estimate of drug-likeness (QED) is 0.297. The minimum atomic E-state index is -1.31. The molecule has 1 amide bonds. The summed E-state index contributed by atoms with van der Waals surface area (Å²) in [6.45, 7) is 3.71. The maximum atomic E-state index is 13.6. The number of ether oxygens (including phenoxy) is 1. The first-order chi connectivity index (χ1) is 15.9. The van der Waals surface area contributed by atoms with Crippen molar-refractivity contribution >= 4 is 23.2 Å². The molecular weight excluding hydrogens is 444 g/mol. The van der Waals surface area contributed by atoms with Gasteiger partial charge in [0.1, 0.15) is 0 Å². The normalized spacial score (nSPS) is 17.2. The number of halogens is 1. The number of amides is 1. The molecule has 0 unspecified atom stereocenters. The van der Waals surface area contributed by atoms with Crippen LogP contribution < -0.4 is 0 Å². The SMILES string of the molecule is C=C(CO)CO[C@]1(c2ccc(Cl)cc2)c2ccccc2C(=O)N1Cc1ccc([N+](=O)[O-])cc1. The van der Waals surface area contributed by atoms with E-state index in [-0.39, 0.29) is 31.4 Å². The van der Waals surface area contributed by atoms with Crippen LogP contribution in [0.25, 0.3) is 0 Å². The van der Waals surface area contributed by atoms with Gasteiger partial charge in [-0.15, -0.1) is 0 Å². The number of rotatable bonds is 8. The van der Waals surface area contributed by atoms with Crippen LogP contribution in [0.4, 0.5) is 5.69 Å². The third kappa shape index (κ3) is 4.14. The summed E-state index contributed by atoms with van der Waals surface area (Å²) in [6.07, 6.45) is 0. The summed E-state index contributed by atoms with van der Waals surface area (Å²) < 4.78 is 6.41. The summed E-state index contributed by atoms with van der Waals surface area (Å²) >= 11 is 6.13. The predicted octanol–water partition coefficient (Wildman–Crippen LogP) is 4.67. The Bertz CT molecular complexity index is 1210. The molecule has 1 atom stereocenters. The largest absolute Gasteiger partial charge is 0.392 e. The zero-order chi connectivity index (χ0) is 23.6. The number of fused-ring (bicyclic) bond motifs is 1. The Morgan fingerprint density at radius 1 is 1.09 bits per heavy atom. The molecular formula is C25H21ClN2O5. The monoisotopic (exact) mass is 464 g/mol. The number of aliphatic hydroxyl groups is 1. The highest BCUT2D eigenvalue weighted by Crippen LogP contribution is 2.46. The first-order valence-electron chi connectivity index (χ1n) is 10.2. The number of aliphatic hydroxyl groups excluding tert-OH is 1. The molecule has 1 aliphatic heterocycles. The van der Waals surface area contributed by atoms with Crippen LogP contribution in [0.3, 0.4) is 0 Å². The minimum absolute atomic E-state index is 0.0114. The van der Waals surface area contributed by atoms with E-state index in [9.17, 15) is 20.0 Å². The van der Waals surface area contributed by atoms with Crippen LogP contribution in [0.2, 0.25) is 5.02 Å². The number of nitro groups is 1. The molecule has 0 bridgehead atoms. The Morgan fingerprint density at radius 3 is 2.39 bits per heavy atom. The van der Waals surface area contributed by atoms with Gasteiger partial charge in [0.05, 0.1) is 18.1 Å². The zero-order valence-corrected chi connectivity index (χ0v) is 18.4. The average molecular weight is 465 g/mol. The molecule has 0 spiro atoms. The number of nitro benzene ring substituents is 1. The molecule has 7 nitrogen and oxygen atoms in total. The zero-order valence-electron chi connectivity index (χ0n) is 17.6. The molecule has 3 aromatic carbocycles. The van der Waals surface area contributed by atoms with Crippen LogP contribution in [0.1, 0.15) is 27.0 Å². The maximum absolute atomic E-state index is 13.6. The van der Waals surface area contributed by atoms with Gasteiger partial charge in [-0.3, -0.25) is 19.8 Å². The molecule has 0 aromatic heterocycles. The molecule has 1 heterocycles. The minimum Gasteiger partial charge on any atom is -0.392 e. The Morgan fingerprint density at radius 2 is 1.76 bits per heavy atom. The summed E-state index contributed by atoms with van der Waals surface area (Å²) in [5.74, 6) is -0.242. The summed E-state index contributed by atoms with van der Waals surface area (Å²) in [5.41, 5.74) is 1.64. The number of nitrogens with zero attached hydrogens (tertiary/aromatic N) is 2. The molecule has 0 aliphatic carbocycles. The first-order valence-corrected chi connectivity index (χ1v) is 10.6. The van der Waals surface area contributed by atoms with Gasteiger partial charge < -0.3 is 9.84 Å². The molecule has 1 aliphatic rings. The van der Waals surface area contributed by atoms with E-state index in [1.54, 1.807) is 53.4 Å². The van der Waals surface area contributed by atoms with Gasteiger partial charge in [0, 0.05) is 40.4 Å². The second kappa shape index (κ2) is 9.15. The van der Waals surface area contributed by atoms with Gasteiger partial charge in [-0.05, 0) is 29.3 Å². The first kappa shape index (κ1) is 22.7. The van der Waals surface area contributed by atoms with Crippen molar-refractivity contribution in [2.24, 2.45) is 0 Å². The van der Waals surface area contributed by atoms with Crippen molar-refractivity contribution in [3.63, 3.8) is 0 Å². The Labute approximate surface area is 195 Å². The van der Waals surface area contributed by atoms with Crippen LogP contribution in [-0.2, 0) is 17.0 Å². The molecule has 168 valence electrons. The van der Waals surface area contributed by atoms with Crippen molar-refractivity contribution in [2.75, 3.05) is 13.2 Å². The molecule has 0 saturated carbocycles. The van der Waals surface area contributed by atoms with Gasteiger partial charge in [-0.1, -0.05) is 60.6 Å². The van der Waals surface area contributed by atoms with Gasteiger partial charge in [-0.25, -0.2) is 0 Å². The van der Waals surface area contributed by atoms with Crippen molar-refractivity contribution < 1.29 is 19.6 Å². The Hall–Kier alpha value is -3.52. The molecule has 4 rings (SSSR count). The lowest BCUT2D eigenvalue weighted by Gasteiger charge is -2.39. The van der Waals surface area contributed by atoms with Crippen molar-refractivity contribution in [1.82, 2.24) is 4.90 Å². The van der Waals surface area contributed by atoms with Gasteiger partial charge in [0.2, 0.25) is 0 Å². The number of carbonyl (C=O) groups is 1. The molecule has 3 aromatic rings. The van der Waals surface area contributed by atoms with Crippen molar-refractivity contribution in [3.8, 4) is 0 Å². The van der Waals surface area contributed by atoms with Crippen LogP contribution in [-0.4, -0.2) is 34.1 Å². The fraction of sp³-hybridized carbons (Fsp3) is 0.160. The maximum Gasteiger partial charge on any atom is 0.269 e. The summed E-state index contributed by atoms with van der Waals surface area (Å²) in [7, 11) is 0. The second-order valence-corrected chi connectivity index (χ2v) is 8.14. The number of hydrogen-bond donors (Lipinski definition) is 1. The van der Waals surface area contributed by atoms with Crippen molar-refractivity contribution in [3.05, 3.63) is 122 Å². The number of carbonyl (C=O) groups excluding carboxylic acids is 1. The lowest BCUT2D eigenvalue weighted by atomic mass is 9.93. The van der Waals surface area contributed by atoms with Crippen LogP contribution in [0, 0.1) is 10.1 Å². The third-order valence-electron chi connectivity index (χ3n) is 5.58. The summed E-state index contributed by atoms with van der Waals surface area (Å²) in [4.78, 5) is 25.7. The van der Waals surface area contributed by atoms with E-state index in [1.165, 1.54) is 12.1 Å². The Balaban J connectivity index is 1.86. The molecule has 33 heavy (non-hydrogen) atoms.